The van der Waals surface area contributed by atoms with Gasteiger partial charge in [0.1, 0.15) is 5.78 Å². The molecular formula is C21H21N5O5. The number of aryl methyl sites for hydroxylation is 2. The van der Waals surface area contributed by atoms with Gasteiger partial charge in [0.05, 0.1) is 18.7 Å². The standard InChI is InChI=1S/C21H21N5O5/c1-5-31-19(29)14-6-8-15(9-7-14)26-12(2)10-24-16-17(22-20(24)26)23(4)21(30)25(18(16)28)11-13(3)27/h6-10H,5,11H2,1-4H3. The molecule has 0 aliphatic rings. The third-order valence-corrected chi connectivity index (χ3v) is 5.04. The Bertz CT molecular complexity index is 1470. The molecule has 10 heteroatoms. The number of nitrogens with zero attached hydrogens (tertiary/aromatic N) is 5. The Morgan fingerprint density at radius 2 is 1.81 bits per heavy atom. The van der Waals surface area contributed by atoms with Gasteiger partial charge in [0.2, 0.25) is 5.78 Å². The van der Waals surface area contributed by atoms with Crippen molar-refractivity contribution in [3.8, 4) is 5.69 Å². The molecule has 0 atom stereocenters. The second-order valence-corrected chi connectivity index (χ2v) is 7.26. The number of ether oxygens (including phenoxy) is 1. The number of benzene rings is 1. The summed E-state index contributed by atoms with van der Waals surface area (Å²) in [7, 11) is 1.51. The van der Waals surface area contributed by atoms with Gasteiger partial charge in [0.15, 0.2) is 11.2 Å². The van der Waals surface area contributed by atoms with Crippen LogP contribution in [-0.2, 0) is 23.1 Å². The fourth-order valence-electron chi connectivity index (χ4n) is 3.65. The molecule has 10 nitrogen and oxygen atoms in total. The molecule has 4 rings (SSSR count). The Labute approximate surface area is 175 Å². The highest BCUT2D eigenvalue weighted by Crippen LogP contribution is 2.21. The number of Topliss-reactive ketones (excluding diaryl/α,β-unsaturated/α-hetero) is 1. The molecule has 3 aromatic heterocycles. The Morgan fingerprint density at radius 1 is 1.13 bits per heavy atom. The highest BCUT2D eigenvalue weighted by atomic mass is 16.5. The molecule has 0 amide bonds. The van der Waals surface area contributed by atoms with Crippen LogP contribution in [0.3, 0.4) is 0 Å². The van der Waals surface area contributed by atoms with E-state index in [1.165, 1.54) is 18.5 Å². The van der Waals surface area contributed by atoms with Crippen LogP contribution in [-0.4, -0.2) is 41.4 Å². The Balaban J connectivity index is 1.95. The van der Waals surface area contributed by atoms with Gasteiger partial charge in [-0.15, -0.1) is 0 Å². The molecule has 0 saturated heterocycles. The van der Waals surface area contributed by atoms with Crippen molar-refractivity contribution in [1.29, 1.82) is 0 Å². The number of rotatable bonds is 5. The predicted octanol–water partition coefficient (Wildman–Crippen LogP) is 1.21. The fourth-order valence-corrected chi connectivity index (χ4v) is 3.65. The lowest BCUT2D eigenvalue weighted by atomic mass is 10.2. The van der Waals surface area contributed by atoms with E-state index in [2.05, 4.69) is 4.98 Å². The minimum atomic E-state index is -0.601. The van der Waals surface area contributed by atoms with Crippen molar-refractivity contribution in [2.24, 2.45) is 7.05 Å². The van der Waals surface area contributed by atoms with Crippen LogP contribution < -0.4 is 11.2 Å². The van der Waals surface area contributed by atoms with Crippen LogP contribution >= 0.6 is 0 Å². The minimum Gasteiger partial charge on any atom is -0.462 e. The van der Waals surface area contributed by atoms with E-state index in [9.17, 15) is 19.2 Å². The first kappa shape index (κ1) is 20.3. The summed E-state index contributed by atoms with van der Waals surface area (Å²) in [5.41, 5.74) is 1.20. The van der Waals surface area contributed by atoms with Crippen LogP contribution in [0.15, 0.2) is 40.1 Å². The summed E-state index contributed by atoms with van der Waals surface area (Å²) in [6.07, 6.45) is 1.74. The van der Waals surface area contributed by atoms with E-state index in [1.807, 2.05) is 11.5 Å². The minimum absolute atomic E-state index is 0.211. The SMILES string of the molecule is CCOC(=O)c1ccc(-n2c(C)cn3c4c(=O)n(CC(C)=O)c(=O)n(C)c4nc23)cc1. The summed E-state index contributed by atoms with van der Waals surface area (Å²) >= 11 is 0. The van der Waals surface area contributed by atoms with Gasteiger partial charge in [-0.25, -0.2) is 9.59 Å². The molecule has 31 heavy (non-hydrogen) atoms. The van der Waals surface area contributed by atoms with E-state index >= 15 is 0 Å². The summed E-state index contributed by atoms with van der Waals surface area (Å²) in [4.78, 5) is 53.6. The number of hydrogen-bond donors (Lipinski definition) is 0. The van der Waals surface area contributed by atoms with Gasteiger partial charge in [-0.3, -0.25) is 27.7 Å². The lowest BCUT2D eigenvalue weighted by Gasteiger charge is -2.07. The maximum absolute atomic E-state index is 13.0. The van der Waals surface area contributed by atoms with Crippen LogP contribution in [0.2, 0.25) is 0 Å². The third-order valence-electron chi connectivity index (χ3n) is 5.04. The quantitative estimate of drug-likeness (QED) is 0.447. The zero-order valence-electron chi connectivity index (χ0n) is 17.6. The molecule has 0 aliphatic carbocycles. The van der Waals surface area contributed by atoms with Crippen molar-refractivity contribution >= 4 is 28.7 Å². The molecule has 3 heterocycles. The van der Waals surface area contributed by atoms with E-state index < -0.39 is 17.2 Å². The van der Waals surface area contributed by atoms with E-state index in [1.54, 1.807) is 41.8 Å². The van der Waals surface area contributed by atoms with Gasteiger partial charge in [-0.05, 0) is 45.0 Å². The van der Waals surface area contributed by atoms with Gasteiger partial charge in [-0.2, -0.15) is 4.98 Å². The number of imidazole rings is 2. The van der Waals surface area contributed by atoms with Crippen molar-refractivity contribution in [1.82, 2.24) is 23.1 Å². The number of ketones is 1. The average molecular weight is 423 g/mol. The van der Waals surface area contributed by atoms with E-state index in [-0.39, 0.29) is 23.5 Å². The molecule has 0 N–H and O–H groups in total. The molecule has 0 unspecified atom stereocenters. The van der Waals surface area contributed by atoms with Crippen molar-refractivity contribution < 1.29 is 14.3 Å². The molecule has 1 aromatic carbocycles. The van der Waals surface area contributed by atoms with Gasteiger partial charge >= 0.3 is 11.7 Å². The summed E-state index contributed by atoms with van der Waals surface area (Å²) < 4.78 is 10.6. The van der Waals surface area contributed by atoms with Gasteiger partial charge in [0, 0.05) is 24.6 Å². The zero-order chi connectivity index (χ0) is 22.4. The van der Waals surface area contributed by atoms with Gasteiger partial charge < -0.3 is 4.74 Å². The summed E-state index contributed by atoms with van der Waals surface area (Å²) in [6.45, 7) is 4.91. The van der Waals surface area contributed by atoms with Crippen molar-refractivity contribution in [3.05, 3.63) is 62.6 Å². The van der Waals surface area contributed by atoms with Crippen LogP contribution in [0.5, 0.6) is 0 Å². The molecule has 160 valence electrons. The predicted molar refractivity (Wildman–Crippen MR) is 113 cm³/mol. The second-order valence-electron chi connectivity index (χ2n) is 7.26. The maximum Gasteiger partial charge on any atom is 0.338 e. The van der Waals surface area contributed by atoms with Crippen LogP contribution in [0.4, 0.5) is 0 Å². The van der Waals surface area contributed by atoms with Crippen molar-refractivity contribution in [2.75, 3.05) is 6.61 Å². The molecule has 0 spiro atoms. The monoisotopic (exact) mass is 423 g/mol. The largest absolute Gasteiger partial charge is 0.462 e. The third kappa shape index (κ3) is 3.16. The number of carbonyl (C=O) groups excluding carboxylic acids is 2. The highest BCUT2D eigenvalue weighted by Gasteiger charge is 2.21. The Morgan fingerprint density at radius 3 is 2.42 bits per heavy atom. The smallest absolute Gasteiger partial charge is 0.338 e. The van der Waals surface area contributed by atoms with Crippen LogP contribution in [0.25, 0.3) is 22.6 Å². The topological polar surface area (TPSA) is 110 Å². The number of hydrogen-bond acceptors (Lipinski definition) is 6. The summed E-state index contributed by atoms with van der Waals surface area (Å²) in [5.74, 6) is -0.269. The lowest BCUT2D eigenvalue weighted by molar-refractivity contribution is -0.117. The van der Waals surface area contributed by atoms with Gasteiger partial charge in [-0.1, -0.05) is 0 Å². The molecule has 0 bridgehead atoms. The first-order valence-corrected chi connectivity index (χ1v) is 9.71. The number of carbonyl (C=O) groups is 2. The fraction of sp³-hybridized carbons (Fsp3) is 0.286. The molecule has 0 radical (unpaired) electrons. The second kappa shape index (κ2) is 7.38. The summed E-state index contributed by atoms with van der Waals surface area (Å²) in [6, 6.07) is 6.82. The summed E-state index contributed by atoms with van der Waals surface area (Å²) in [5, 5.41) is 0. The number of fused-ring (bicyclic) bond motifs is 3. The highest BCUT2D eigenvalue weighted by molar-refractivity contribution is 5.89. The maximum atomic E-state index is 13.0. The first-order chi connectivity index (χ1) is 14.7. The zero-order valence-corrected chi connectivity index (χ0v) is 17.6. The number of esters is 1. The van der Waals surface area contributed by atoms with Gasteiger partial charge in [0.25, 0.3) is 5.56 Å². The van der Waals surface area contributed by atoms with Crippen LogP contribution in [0, 0.1) is 6.92 Å². The molecular weight excluding hydrogens is 402 g/mol. The van der Waals surface area contributed by atoms with Crippen molar-refractivity contribution in [3.63, 3.8) is 0 Å². The van der Waals surface area contributed by atoms with E-state index in [0.717, 1.165) is 15.9 Å². The van der Waals surface area contributed by atoms with Crippen molar-refractivity contribution in [2.45, 2.75) is 27.3 Å². The molecule has 0 aliphatic heterocycles. The lowest BCUT2D eigenvalue weighted by Crippen LogP contribution is -2.40. The van der Waals surface area contributed by atoms with E-state index in [4.69, 9.17) is 4.74 Å². The molecule has 0 fully saturated rings. The van der Waals surface area contributed by atoms with Crippen LogP contribution in [0.1, 0.15) is 29.9 Å². The Hall–Kier alpha value is -3.95. The van der Waals surface area contributed by atoms with E-state index in [0.29, 0.717) is 17.9 Å². The average Bonchev–Trinajstić information content (AvgIpc) is 3.24. The Kier molecular flexibility index (Phi) is 4.84. The number of aromatic nitrogens is 5. The molecule has 4 aromatic rings. The first-order valence-electron chi connectivity index (χ1n) is 9.71. The molecule has 0 saturated carbocycles. The normalized spacial score (nSPS) is 11.4.